The maximum Gasteiger partial charge on any atom is 0.136 e. The number of nitrogens with zero attached hydrogens (tertiary/aromatic N) is 2. The van der Waals surface area contributed by atoms with Gasteiger partial charge in [0.1, 0.15) is 11.6 Å². The van der Waals surface area contributed by atoms with Crippen LogP contribution in [0.1, 0.15) is 0 Å². The summed E-state index contributed by atoms with van der Waals surface area (Å²) >= 11 is 0. The summed E-state index contributed by atoms with van der Waals surface area (Å²) < 4.78 is 10.4. The second-order valence-electron chi connectivity index (χ2n) is 4.43. The van der Waals surface area contributed by atoms with Gasteiger partial charge in [0.05, 0.1) is 20.3 Å². The Balaban J connectivity index is 2.40. The molecule has 0 aliphatic heterocycles. The van der Waals surface area contributed by atoms with E-state index in [4.69, 9.17) is 9.47 Å². The van der Waals surface area contributed by atoms with Crippen molar-refractivity contribution in [2.75, 3.05) is 45.4 Å². The minimum Gasteiger partial charge on any atom is -0.497 e. The largest absolute Gasteiger partial charge is 0.497 e. The molecule has 0 aliphatic carbocycles. The molecular formula is C15H20N2O3. The second kappa shape index (κ2) is 7.07. The van der Waals surface area contributed by atoms with E-state index >= 15 is 0 Å². The molecule has 0 bridgehead atoms. The van der Waals surface area contributed by atoms with Crippen molar-refractivity contribution in [2.24, 2.45) is 0 Å². The van der Waals surface area contributed by atoms with Gasteiger partial charge >= 0.3 is 0 Å². The van der Waals surface area contributed by atoms with Gasteiger partial charge in [-0.2, -0.15) is 0 Å². The maximum absolute atomic E-state index is 9.22. The smallest absolute Gasteiger partial charge is 0.136 e. The minimum absolute atomic E-state index is 0.0813. The quantitative estimate of drug-likeness (QED) is 0.834. The monoisotopic (exact) mass is 276 g/mol. The molecule has 1 N–H and O–H groups in total. The first-order valence-corrected chi connectivity index (χ1v) is 6.57. The molecule has 1 heterocycles. The van der Waals surface area contributed by atoms with E-state index in [0.717, 1.165) is 22.3 Å². The van der Waals surface area contributed by atoms with E-state index in [0.29, 0.717) is 19.7 Å². The van der Waals surface area contributed by atoms with Gasteiger partial charge in [-0.25, -0.2) is 4.98 Å². The predicted molar refractivity (Wildman–Crippen MR) is 79.5 cm³/mol. The lowest BCUT2D eigenvalue weighted by Crippen LogP contribution is -2.31. The number of ether oxygens (including phenoxy) is 2. The van der Waals surface area contributed by atoms with Crippen molar-refractivity contribution in [2.45, 2.75) is 0 Å². The summed E-state index contributed by atoms with van der Waals surface area (Å²) in [5, 5.41) is 11.3. The molecule has 0 atom stereocenters. The van der Waals surface area contributed by atoms with Crippen LogP contribution in [0.25, 0.3) is 10.8 Å². The topological polar surface area (TPSA) is 54.8 Å². The number of anilines is 1. The average Bonchev–Trinajstić information content (AvgIpc) is 2.50. The number of rotatable bonds is 7. The molecule has 0 aliphatic rings. The Morgan fingerprint density at radius 1 is 1.20 bits per heavy atom. The highest BCUT2D eigenvalue weighted by atomic mass is 16.5. The number of pyridine rings is 1. The molecule has 1 aromatic heterocycles. The third-order valence-corrected chi connectivity index (χ3v) is 3.19. The van der Waals surface area contributed by atoms with E-state index in [1.54, 1.807) is 20.4 Å². The van der Waals surface area contributed by atoms with Crippen molar-refractivity contribution in [1.82, 2.24) is 4.98 Å². The zero-order chi connectivity index (χ0) is 14.4. The Kier molecular flexibility index (Phi) is 5.15. The lowest BCUT2D eigenvalue weighted by atomic mass is 10.1. The van der Waals surface area contributed by atoms with E-state index in [1.165, 1.54) is 0 Å². The summed E-state index contributed by atoms with van der Waals surface area (Å²) in [4.78, 5) is 6.48. The predicted octanol–water partition coefficient (Wildman–Crippen LogP) is 1.69. The van der Waals surface area contributed by atoms with E-state index in [2.05, 4.69) is 4.98 Å². The van der Waals surface area contributed by atoms with Gasteiger partial charge in [0.2, 0.25) is 0 Å². The standard InChI is InChI=1S/C15H20N2O3/c1-19-10-8-17(7-9-18)15-14-4-3-13(20-2)11-12(14)5-6-16-15/h3-6,11,18H,7-10H2,1-2H3. The van der Waals surface area contributed by atoms with Crippen LogP contribution in [0, 0.1) is 0 Å². The van der Waals surface area contributed by atoms with Crippen LogP contribution in [0.15, 0.2) is 30.5 Å². The number of fused-ring (bicyclic) bond motifs is 1. The zero-order valence-corrected chi connectivity index (χ0v) is 11.9. The Bertz CT molecular complexity index is 560. The first kappa shape index (κ1) is 14.6. The number of aliphatic hydroxyl groups is 1. The van der Waals surface area contributed by atoms with Gasteiger partial charge < -0.3 is 19.5 Å². The summed E-state index contributed by atoms with van der Waals surface area (Å²) in [6.45, 7) is 1.89. The highest BCUT2D eigenvalue weighted by molar-refractivity contribution is 5.93. The Morgan fingerprint density at radius 3 is 2.75 bits per heavy atom. The second-order valence-corrected chi connectivity index (χ2v) is 4.43. The molecule has 0 saturated heterocycles. The van der Waals surface area contributed by atoms with Gasteiger partial charge in [-0.1, -0.05) is 0 Å². The molecule has 0 fully saturated rings. The first-order valence-electron chi connectivity index (χ1n) is 6.57. The van der Waals surface area contributed by atoms with Crippen LogP contribution in [-0.4, -0.2) is 50.6 Å². The molecule has 0 spiro atoms. The normalized spacial score (nSPS) is 10.8. The maximum atomic E-state index is 9.22. The summed E-state index contributed by atoms with van der Waals surface area (Å²) in [6, 6.07) is 7.84. The van der Waals surface area contributed by atoms with Gasteiger partial charge in [0.15, 0.2) is 0 Å². The van der Waals surface area contributed by atoms with E-state index in [-0.39, 0.29) is 6.61 Å². The third-order valence-electron chi connectivity index (χ3n) is 3.19. The lowest BCUT2D eigenvalue weighted by molar-refractivity contribution is 0.202. The molecule has 5 nitrogen and oxygen atoms in total. The molecule has 0 saturated carbocycles. The van der Waals surface area contributed by atoms with Crippen LogP contribution < -0.4 is 9.64 Å². The summed E-state index contributed by atoms with van der Waals surface area (Å²) in [6.07, 6.45) is 1.77. The molecule has 20 heavy (non-hydrogen) atoms. The third kappa shape index (κ3) is 3.18. The number of methoxy groups -OCH3 is 2. The highest BCUT2D eigenvalue weighted by Gasteiger charge is 2.11. The zero-order valence-electron chi connectivity index (χ0n) is 11.9. The highest BCUT2D eigenvalue weighted by Crippen LogP contribution is 2.27. The van der Waals surface area contributed by atoms with Crippen molar-refractivity contribution in [3.63, 3.8) is 0 Å². The van der Waals surface area contributed by atoms with Crippen LogP contribution >= 0.6 is 0 Å². The first-order chi connectivity index (χ1) is 9.80. The summed E-state index contributed by atoms with van der Waals surface area (Å²) in [7, 11) is 3.32. The molecule has 2 aromatic rings. The molecule has 5 heteroatoms. The van der Waals surface area contributed by atoms with Gasteiger partial charge in [0, 0.05) is 31.8 Å². The van der Waals surface area contributed by atoms with Crippen LogP contribution in [-0.2, 0) is 4.74 Å². The van der Waals surface area contributed by atoms with Crippen molar-refractivity contribution < 1.29 is 14.6 Å². The van der Waals surface area contributed by atoms with E-state index in [1.807, 2.05) is 29.2 Å². The van der Waals surface area contributed by atoms with Crippen molar-refractivity contribution in [3.05, 3.63) is 30.5 Å². The molecule has 0 amide bonds. The van der Waals surface area contributed by atoms with Gasteiger partial charge in [-0.05, 0) is 29.7 Å². The number of hydrogen-bond donors (Lipinski definition) is 1. The Morgan fingerprint density at radius 2 is 2.05 bits per heavy atom. The van der Waals surface area contributed by atoms with Gasteiger partial charge in [-0.15, -0.1) is 0 Å². The fourth-order valence-corrected chi connectivity index (χ4v) is 2.16. The Hall–Kier alpha value is -1.85. The van der Waals surface area contributed by atoms with E-state index in [9.17, 15) is 5.11 Å². The van der Waals surface area contributed by atoms with E-state index < -0.39 is 0 Å². The number of hydrogen-bond acceptors (Lipinski definition) is 5. The molecule has 2 rings (SSSR count). The molecule has 1 aromatic carbocycles. The number of aromatic nitrogens is 1. The fourth-order valence-electron chi connectivity index (χ4n) is 2.16. The van der Waals surface area contributed by atoms with Crippen LogP contribution in [0.5, 0.6) is 5.75 Å². The summed E-state index contributed by atoms with van der Waals surface area (Å²) in [5.41, 5.74) is 0. The molecule has 108 valence electrons. The molecular weight excluding hydrogens is 256 g/mol. The fraction of sp³-hybridized carbons (Fsp3) is 0.400. The van der Waals surface area contributed by atoms with Gasteiger partial charge in [-0.3, -0.25) is 0 Å². The lowest BCUT2D eigenvalue weighted by Gasteiger charge is -2.23. The van der Waals surface area contributed by atoms with Crippen molar-refractivity contribution in [3.8, 4) is 5.75 Å². The van der Waals surface area contributed by atoms with Crippen molar-refractivity contribution in [1.29, 1.82) is 0 Å². The average molecular weight is 276 g/mol. The van der Waals surface area contributed by atoms with Gasteiger partial charge in [0.25, 0.3) is 0 Å². The van der Waals surface area contributed by atoms with Crippen molar-refractivity contribution >= 4 is 16.6 Å². The molecule has 0 unspecified atom stereocenters. The number of benzene rings is 1. The summed E-state index contributed by atoms with van der Waals surface area (Å²) in [5.74, 6) is 1.68. The Labute approximate surface area is 118 Å². The van der Waals surface area contributed by atoms with Crippen LogP contribution in [0.4, 0.5) is 5.82 Å². The number of aliphatic hydroxyl groups excluding tert-OH is 1. The SMILES string of the molecule is COCCN(CCO)c1nccc2cc(OC)ccc12. The van der Waals surface area contributed by atoms with Crippen LogP contribution in [0.2, 0.25) is 0 Å². The molecule has 0 radical (unpaired) electrons. The van der Waals surface area contributed by atoms with Crippen LogP contribution in [0.3, 0.4) is 0 Å². The minimum atomic E-state index is 0.0813.